The highest BCUT2D eigenvalue weighted by Gasteiger charge is 2.11. The molecule has 2 rings (SSSR count). The van der Waals surface area contributed by atoms with Crippen LogP contribution in [0.4, 0.5) is 0 Å². The molecule has 0 fully saturated rings. The molecule has 0 bridgehead atoms. The molecule has 2 N–H and O–H groups in total. The molecule has 4 nitrogen and oxygen atoms in total. The number of para-hydroxylation sites is 1. The van der Waals surface area contributed by atoms with Crippen LogP contribution in [0.25, 0.3) is 10.9 Å². The zero-order chi connectivity index (χ0) is 14.5. The summed E-state index contributed by atoms with van der Waals surface area (Å²) < 4.78 is 1.90. The number of hydrogen-bond donors (Lipinski definition) is 2. The topological polar surface area (TPSA) is 54.3 Å². The molecule has 0 saturated carbocycles. The highest BCUT2D eigenvalue weighted by atomic mass is 16.3. The summed E-state index contributed by atoms with van der Waals surface area (Å²) in [5.74, 6) is 0.0175. The van der Waals surface area contributed by atoms with Gasteiger partial charge in [0.15, 0.2) is 0 Å². The Bertz CT molecular complexity index is 585. The molecule has 0 aliphatic heterocycles. The minimum absolute atomic E-state index is 0.0175. The van der Waals surface area contributed by atoms with Crippen LogP contribution in [0, 0.1) is 0 Å². The number of amides is 1. The third-order valence-corrected chi connectivity index (χ3v) is 3.71. The first-order chi connectivity index (χ1) is 9.69. The van der Waals surface area contributed by atoms with Gasteiger partial charge < -0.3 is 15.0 Å². The third-order valence-electron chi connectivity index (χ3n) is 3.71. The lowest BCUT2D eigenvalue weighted by Crippen LogP contribution is -2.36. The number of rotatable bonds is 6. The monoisotopic (exact) mass is 274 g/mol. The van der Waals surface area contributed by atoms with Crippen LogP contribution in [0.15, 0.2) is 30.5 Å². The van der Waals surface area contributed by atoms with Crippen molar-refractivity contribution in [2.24, 2.45) is 0 Å². The minimum atomic E-state index is -0.0183. The van der Waals surface area contributed by atoms with E-state index in [1.807, 2.05) is 35.0 Å². The van der Waals surface area contributed by atoms with Gasteiger partial charge in [-0.05, 0) is 24.3 Å². The molecule has 0 saturated heterocycles. The van der Waals surface area contributed by atoms with Crippen molar-refractivity contribution in [2.75, 3.05) is 0 Å². The summed E-state index contributed by atoms with van der Waals surface area (Å²) in [6, 6.07) is 8.00. The molecule has 0 atom stereocenters. The summed E-state index contributed by atoms with van der Waals surface area (Å²) in [6.07, 6.45) is 3.78. The van der Waals surface area contributed by atoms with Gasteiger partial charge in [0.05, 0.1) is 12.1 Å². The van der Waals surface area contributed by atoms with Crippen molar-refractivity contribution < 1.29 is 9.90 Å². The van der Waals surface area contributed by atoms with Crippen LogP contribution in [0.5, 0.6) is 0 Å². The molecule has 1 aromatic heterocycles. The summed E-state index contributed by atoms with van der Waals surface area (Å²) in [4.78, 5) is 12.1. The van der Waals surface area contributed by atoms with E-state index in [-0.39, 0.29) is 25.1 Å². The van der Waals surface area contributed by atoms with Gasteiger partial charge in [0.25, 0.3) is 0 Å². The van der Waals surface area contributed by atoms with Crippen molar-refractivity contribution in [3.8, 4) is 0 Å². The molecule has 0 aliphatic carbocycles. The van der Waals surface area contributed by atoms with Gasteiger partial charge in [-0.15, -0.1) is 0 Å². The van der Waals surface area contributed by atoms with Crippen LogP contribution in [-0.2, 0) is 17.9 Å². The number of fused-ring (bicyclic) bond motifs is 1. The molecule has 20 heavy (non-hydrogen) atoms. The van der Waals surface area contributed by atoms with Crippen molar-refractivity contribution in [3.63, 3.8) is 0 Å². The Labute approximate surface area is 119 Å². The number of aliphatic hydroxyl groups excluding tert-OH is 1. The first-order valence-electron chi connectivity index (χ1n) is 7.16. The van der Waals surface area contributed by atoms with E-state index in [4.69, 9.17) is 0 Å². The fourth-order valence-electron chi connectivity index (χ4n) is 2.52. The van der Waals surface area contributed by atoms with Crippen LogP contribution in [0.2, 0.25) is 0 Å². The molecule has 0 spiro atoms. The Kier molecular flexibility index (Phi) is 4.79. The second-order valence-electron chi connectivity index (χ2n) is 5.04. The highest BCUT2D eigenvalue weighted by Crippen LogP contribution is 2.20. The maximum absolute atomic E-state index is 12.1. The number of carbonyl (C=O) groups excluding carboxylic acids is 1. The molecule has 2 aromatic rings. The number of hydrogen-bond acceptors (Lipinski definition) is 2. The molecule has 1 aromatic carbocycles. The predicted octanol–water partition coefficient (Wildman–Crippen LogP) is 2.44. The second-order valence-corrected chi connectivity index (χ2v) is 5.04. The molecule has 0 aliphatic rings. The summed E-state index contributed by atoms with van der Waals surface area (Å²) in [7, 11) is 0. The standard InChI is InChI=1S/C16H22N2O2/c1-3-14(4-2)17-15(20)10-18-9-8-12-6-5-7-13(11-19)16(12)18/h5-9,14,19H,3-4,10-11H2,1-2H3,(H,17,20). The lowest BCUT2D eigenvalue weighted by atomic mass is 10.1. The average Bonchev–Trinajstić information content (AvgIpc) is 2.87. The zero-order valence-electron chi connectivity index (χ0n) is 12.1. The molecule has 4 heteroatoms. The van der Waals surface area contributed by atoms with E-state index in [2.05, 4.69) is 19.2 Å². The Morgan fingerprint density at radius 2 is 2.05 bits per heavy atom. The molecule has 108 valence electrons. The number of aromatic nitrogens is 1. The van der Waals surface area contributed by atoms with Crippen molar-refractivity contribution in [3.05, 3.63) is 36.0 Å². The highest BCUT2D eigenvalue weighted by molar-refractivity contribution is 5.85. The first kappa shape index (κ1) is 14.6. The van der Waals surface area contributed by atoms with Crippen LogP contribution in [0.1, 0.15) is 32.3 Å². The number of aliphatic hydroxyl groups is 1. The minimum Gasteiger partial charge on any atom is -0.392 e. The van der Waals surface area contributed by atoms with E-state index in [1.54, 1.807) is 0 Å². The molecule has 1 amide bonds. The van der Waals surface area contributed by atoms with Crippen molar-refractivity contribution in [1.82, 2.24) is 9.88 Å². The molecular formula is C16H22N2O2. The fraction of sp³-hybridized carbons (Fsp3) is 0.438. The summed E-state index contributed by atoms with van der Waals surface area (Å²) in [5, 5.41) is 13.5. The summed E-state index contributed by atoms with van der Waals surface area (Å²) in [6.45, 7) is 4.42. The Morgan fingerprint density at radius 3 is 2.70 bits per heavy atom. The van der Waals surface area contributed by atoms with Crippen LogP contribution >= 0.6 is 0 Å². The number of benzene rings is 1. The van der Waals surface area contributed by atoms with Gasteiger partial charge in [-0.1, -0.05) is 32.0 Å². The largest absolute Gasteiger partial charge is 0.392 e. The van der Waals surface area contributed by atoms with E-state index >= 15 is 0 Å². The average molecular weight is 274 g/mol. The van der Waals surface area contributed by atoms with E-state index in [1.165, 1.54) is 0 Å². The lowest BCUT2D eigenvalue weighted by Gasteiger charge is -2.15. The smallest absolute Gasteiger partial charge is 0.240 e. The second kappa shape index (κ2) is 6.57. The molecule has 1 heterocycles. The van der Waals surface area contributed by atoms with Gasteiger partial charge in [0, 0.05) is 17.8 Å². The van der Waals surface area contributed by atoms with Crippen LogP contribution in [0.3, 0.4) is 0 Å². The number of carbonyl (C=O) groups is 1. The summed E-state index contributed by atoms with van der Waals surface area (Å²) >= 11 is 0. The maximum atomic E-state index is 12.1. The van der Waals surface area contributed by atoms with Gasteiger partial charge in [-0.3, -0.25) is 4.79 Å². The van der Waals surface area contributed by atoms with E-state index in [9.17, 15) is 9.90 Å². The van der Waals surface area contributed by atoms with Gasteiger partial charge in [-0.25, -0.2) is 0 Å². The van der Waals surface area contributed by atoms with Crippen molar-refractivity contribution in [1.29, 1.82) is 0 Å². The van der Waals surface area contributed by atoms with Crippen LogP contribution in [-0.4, -0.2) is 21.6 Å². The van der Waals surface area contributed by atoms with Gasteiger partial charge in [0.1, 0.15) is 6.54 Å². The molecular weight excluding hydrogens is 252 g/mol. The van der Waals surface area contributed by atoms with E-state index < -0.39 is 0 Å². The maximum Gasteiger partial charge on any atom is 0.240 e. The molecule has 0 radical (unpaired) electrons. The van der Waals surface area contributed by atoms with Gasteiger partial charge >= 0.3 is 0 Å². The number of nitrogens with zero attached hydrogens (tertiary/aromatic N) is 1. The first-order valence-corrected chi connectivity index (χ1v) is 7.16. The van der Waals surface area contributed by atoms with Gasteiger partial charge in [-0.2, -0.15) is 0 Å². The Hall–Kier alpha value is -1.81. The lowest BCUT2D eigenvalue weighted by molar-refractivity contribution is -0.122. The zero-order valence-corrected chi connectivity index (χ0v) is 12.1. The normalized spacial score (nSPS) is 11.2. The van der Waals surface area contributed by atoms with E-state index in [0.717, 1.165) is 29.3 Å². The Balaban J connectivity index is 2.19. The SMILES string of the molecule is CCC(CC)NC(=O)Cn1ccc2cccc(CO)c21. The summed E-state index contributed by atoms with van der Waals surface area (Å²) in [5.41, 5.74) is 1.79. The number of nitrogens with one attached hydrogen (secondary N) is 1. The Morgan fingerprint density at radius 1 is 1.30 bits per heavy atom. The van der Waals surface area contributed by atoms with Crippen LogP contribution < -0.4 is 5.32 Å². The fourth-order valence-corrected chi connectivity index (χ4v) is 2.52. The molecule has 0 unspecified atom stereocenters. The van der Waals surface area contributed by atoms with Crippen molar-refractivity contribution >= 4 is 16.8 Å². The predicted molar refractivity (Wildman–Crippen MR) is 80.4 cm³/mol. The van der Waals surface area contributed by atoms with E-state index in [0.29, 0.717) is 0 Å². The quantitative estimate of drug-likeness (QED) is 0.850. The van der Waals surface area contributed by atoms with Crippen molar-refractivity contribution in [2.45, 2.75) is 45.9 Å². The third kappa shape index (κ3) is 3.02. The van der Waals surface area contributed by atoms with Gasteiger partial charge in [0.2, 0.25) is 5.91 Å².